The first kappa shape index (κ1) is 21.2. The number of phenolic OH excluding ortho intramolecular Hbond substituents is 1. The van der Waals surface area contributed by atoms with Crippen LogP contribution >= 0.6 is 11.6 Å². The zero-order chi connectivity index (χ0) is 20.8. The van der Waals surface area contributed by atoms with Gasteiger partial charge in [0.25, 0.3) is 17.7 Å². The number of aryl methyl sites for hydroxylation is 1. The Hall–Kier alpha value is -3.06. The number of carbonyl (C=O) groups excluding carboxylic acids is 3. The highest BCUT2D eigenvalue weighted by Gasteiger charge is 2.25. The third-order valence-electron chi connectivity index (χ3n) is 4.02. The number of aromatic hydroxyl groups is 1. The van der Waals surface area contributed by atoms with Crippen LogP contribution in [0.3, 0.4) is 0 Å². The van der Waals surface area contributed by atoms with E-state index in [0.29, 0.717) is 5.56 Å². The average Bonchev–Trinajstić information content (AvgIpc) is 2.65. The molecule has 0 radical (unpaired) electrons. The highest BCUT2D eigenvalue weighted by Crippen LogP contribution is 2.21. The number of rotatable bonds is 5. The minimum Gasteiger partial charge on any atom is -0.507 e. The molecule has 2 aromatic carbocycles. The standard InChI is InChI=1S/C20H22ClN3O4/c1-11(2)17(22-18(26)13-6-4-5-12(3)9-13)20(28)24-23-19(27)15-10-14(21)7-8-16(15)25/h4-11,17,25H,1-3H3,(H,22,26)(H,23,27)(H,24,28)/t17-/m0/s1. The largest absolute Gasteiger partial charge is 0.507 e. The number of halogens is 1. The third kappa shape index (κ3) is 5.47. The summed E-state index contributed by atoms with van der Waals surface area (Å²) in [5, 5.41) is 12.7. The van der Waals surface area contributed by atoms with Crippen LogP contribution in [0.15, 0.2) is 42.5 Å². The summed E-state index contributed by atoms with van der Waals surface area (Å²) in [6.07, 6.45) is 0. The summed E-state index contributed by atoms with van der Waals surface area (Å²) in [7, 11) is 0. The second kappa shape index (κ2) is 9.23. The van der Waals surface area contributed by atoms with Crippen molar-refractivity contribution in [2.75, 3.05) is 0 Å². The molecule has 3 amide bonds. The van der Waals surface area contributed by atoms with Gasteiger partial charge < -0.3 is 10.4 Å². The fraction of sp³-hybridized carbons (Fsp3) is 0.250. The number of amides is 3. The quantitative estimate of drug-likeness (QED) is 0.575. The normalized spacial score (nSPS) is 11.6. The molecular weight excluding hydrogens is 382 g/mol. The molecule has 1 atom stereocenters. The molecule has 7 nitrogen and oxygen atoms in total. The Morgan fingerprint density at radius 2 is 1.71 bits per heavy atom. The molecule has 0 saturated heterocycles. The van der Waals surface area contributed by atoms with Gasteiger partial charge >= 0.3 is 0 Å². The van der Waals surface area contributed by atoms with Gasteiger partial charge in [0.05, 0.1) is 5.56 Å². The number of hydrogen-bond acceptors (Lipinski definition) is 4. The van der Waals surface area contributed by atoms with Crippen molar-refractivity contribution in [3.8, 4) is 5.75 Å². The van der Waals surface area contributed by atoms with Crippen LogP contribution in [-0.4, -0.2) is 28.9 Å². The minimum atomic E-state index is -0.874. The molecule has 4 N–H and O–H groups in total. The van der Waals surface area contributed by atoms with Crippen LogP contribution in [0.25, 0.3) is 0 Å². The van der Waals surface area contributed by atoms with Gasteiger partial charge in [-0.2, -0.15) is 0 Å². The fourth-order valence-corrected chi connectivity index (χ4v) is 2.67. The highest BCUT2D eigenvalue weighted by molar-refractivity contribution is 6.31. The molecule has 2 rings (SSSR count). The molecule has 0 aliphatic carbocycles. The van der Waals surface area contributed by atoms with Crippen LogP contribution in [-0.2, 0) is 4.79 Å². The summed E-state index contributed by atoms with van der Waals surface area (Å²) in [6.45, 7) is 5.40. The molecule has 0 saturated carbocycles. The summed E-state index contributed by atoms with van der Waals surface area (Å²) >= 11 is 5.82. The van der Waals surface area contributed by atoms with Crippen molar-refractivity contribution >= 4 is 29.3 Å². The SMILES string of the molecule is Cc1cccc(C(=O)N[C@H](C(=O)NNC(=O)c2cc(Cl)ccc2O)C(C)C)c1. The Kier molecular flexibility index (Phi) is 7.00. The molecule has 0 bridgehead atoms. The number of benzene rings is 2. The van der Waals surface area contributed by atoms with Gasteiger partial charge in [0.2, 0.25) is 0 Å². The van der Waals surface area contributed by atoms with E-state index < -0.39 is 23.8 Å². The zero-order valence-electron chi connectivity index (χ0n) is 15.7. The smallest absolute Gasteiger partial charge is 0.273 e. The average molecular weight is 404 g/mol. The molecule has 0 fully saturated rings. The Balaban J connectivity index is 2.03. The summed E-state index contributed by atoms with van der Waals surface area (Å²) in [5.74, 6) is -2.22. The number of phenols is 1. The van der Waals surface area contributed by atoms with Gasteiger partial charge in [-0.15, -0.1) is 0 Å². The van der Waals surface area contributed by atoms with Gasteiger partial charge in [-0.3, -0.25) is 25.2 Å². The van der Waals surface area contributed by atoms with E-state index in [-0.39, 0.29) is 22.3 Å². The number of hydrazine groups is 1. The van der Waals surface area contributed by atoms with Gasteiger partial charge in [-0.25, -0.2) is 0 Å². The second-order valence-corrected chi connectivity index (χ2v) is 7.11. The van der Waals surface area contributed by atoms with Gasteiger partial charge in [0.1, 0.15) is 11.8 Å². The van der Waals surface area contributed by atoms with Crippen LogP contribution in [0.4, 0.5) is 0 Å². The molecule has 2 aromatic rings. The summed E-state index contributed by atoms with van der Waals surface area (Å²) in [4.78, 5) is 37.1. The van der Waals surface area contributed by atoms with E-state index in [1.807, 2.05) is 13.0 Å². The van der Waals surface area contributed by atoms with E-state index in [1.165, 1.54) is 18.2 Å². The Morgan fingerprint density at radius 3 is 2.36 bits per heavy atom. The predicted molar refractivity (Wildman–Crippen MR) is 106 cm³/mol. The summed E-state index contributed by atoms with van der Waals surface area (Å²) < 4.78 is 0. The molecule has 0 aliphatic heterocycles. The number of nitrogens with one attached hydrogen (secondary N) is 3. The van der Waals surface area contributed by atoms with Crippen molar-refractivity contribution in [2.45, 2.75) is 26.8 Å². The fourth-order valence-electron chi connectivity index (χ4n) is 2.50. The van der Waals surface area contributed by atoms with Gasteiger partial charge in [0, 0.05) is 10.6 Å². The van der Waals surface area contributed by atoms with E-state index in [4.69, 9.17) is 11.6 Å². The molecule has 0 unspecified atom stereocenters. The van der Waals surface area contributed by atoms with Crippen LogP contribution in [0, 0.1) is 12.8 Å². The monoisotopic (exact) mass is 403 g/mol. The molecule has 8 heteroatoms. The maximum absolute atomic E-state index is 12.5. The van der Waals surface area contributed by atoms with Crippen molar-refractivity contribution in [3.63, 3.8) is 0 Å². The van der Waals surface area contributed by atoms with E-state index in [9.17, 15) is 19.5 Å². The lowest BCUT2D eigenvalue weighted by molar-refractivity contribution is -0.124. The number of carbonyl (C=O) groups is 3. The van der Waals surface area contributed by atoms with Crippen molar-refractivity contribution in [3.05, 3.63) is 64.2 Å². The van der Waals surface area contributed by atoms with E-state index in [2.05, 4.69) is 16.2 Å². The highest BCUT2D eigenvalue weighted by atomic mass is 35.5. The molecule has 0 aromatic heterocycles. The first-order valence-electron chi connectivity index (χ1n) is 8.65. The lowest BCUT2D eigenvalue weighted by Crippen LogP contribution is -2.54. The van der Waals surface area contributed by atoms with Crippen molar-refractivity contribution in [1.82, 2.24) is 16.2 Å². The van der Waals surface area contributed by atoms with E-state index in [0.717, 1.165) is 5.56 Å². The Labute approximate surface area is 168 Å². The van der Waals surface area contributed by atoms with Crippen LogP contribution in [0.2, 0.25) is 5.02 Å². The summed E-state index contributed by atoms with van der Waals surface area (Å²) in [5.41, 5.74) is 5.76. The minimum absolute atomic E-state index is 0.0855. The molecule has 0 spiro atoms. The summed E-state index contributed by atoms with van der Waals surface area (Å²) in [6, 6.07) is 10.1. The molecule has 0 heterocycles. The first-order valence-corrected chi connectivity index (χ1v) is 9.03. The maximum Gasteiger partial charge on any atom is 0.273 e. The van der Waals surface area contributed by atoms with E-state index in [1.54, 1.807) is 32.0 Å². The van der Waals surface area contributed by atoms with Crippen LogP contribution in [0.1, 0.15) is 40.1 Å². The van der Waals surface area contributed by atoms with Gasteiger partial charge in [-0.05, 0) is 43.2 Å². The van der Waals surface area contributed by atoms with Crippen molar-refractivity contribution in [1.29, 1.82) is 0 Å². The third-order valence-corrected chi connectivity index (χ3v) is 4.25. The topological polar surface area (TPSA) is 108 Å². The Bertz CT molecular complexity index is 899. The van der Waals surface area contributed by atoms with Crippen molar-refractivity contribution < 1.29 is 19.5 Å². The molecule has 0 aliphatic rings. The van der Waals surface area contributed by atoms with Gasteiger partial charge in [0.15, 0.2) is 0 Å². The van der Waals surface area contributed by atoms with Crippen molar-refractivity contribution in [2.24, 2.45) is 5.92 Å². The number of hydrogen-bond donors (Lipinski definition) is 4. The van der Waals surface area contributed by atoms with Crippen LogP contribution in [0.5, 0.6) is 5.75 Å². The first-order chi connectivity index (χ1) is 13.2. The molecular formula is C20H22ClN3O4. The second-order valence-electron chi connectivity index (χ2n) is 6.67. The van der Waals surface area contributed by atoms with Crippen LogP contribution < -0.4 is 16.2 Å². The van der Waals surface area contributed by atoms with E-state index >= 15 is 0 Å². The van der Waals surface area contributed by atoms with Gasteiger partial charge in [-0.1, -0.05) is 43.1 Å². The predicted octanol–water partition coefficient (Wildman–Crippen LogP) is 2.57. The molecule has 28 heavy (non-hydrogen) atoms. The lowest BCUT2D eigenvalue weighted by Gasteiger charge is -2.22. The Morgan fingerprint density at radius 1 is 1.00 bits per heavy atom. The lowest BCUT2D eigenvalue weighted by atomic mass is 10.0. The zero-order valence-corrected chi connectivity index (χ0v) is 16.5. The molecule has 148 valence electrons. The maximum atomic E-state index is 12.5.